The molecule has 20 heavy (non-hydrogen) atoms. The number of imidazole rings is 1. The quantitative estimate of drug-likeness (QED) is 0.873. The van der Waals surface area contributed by atoms with E-state index in [9.17, 15) is 4.79 Å². The maximum atomic E-state index is 11.7. The maximum Gasteiger partial charge on any atom is 0.232 e. The number of pyridine rings is 1. The van der Waals surface area contributed by atoms with Crippen molar-refractivity contribution in [2.75, 3.05) is 26.0 Å². The summed E-state index contributed by atoms with van der Waals surface area (Å²) in [6.07, 6.45) is 4.04. The molecule has 1 amide bonds. The van der Waals surface area contributed by atoms with Crippen LogP contribution in [0.2, 0.25) is 0 Å². The van der Waals surface area contributed by atoms with E-state index in [0.717, 1.165) is 11.3 Å². The highest BCUT2D eigenvalue weighted by Crippen LogP contribution is 2.14. The molecule has 0 aliphatic carbocycles. The van der Waals surface area contributed by atoms with Gasteiger partial charge in [-0.25, -0.2) is 4.98 Å². The lowest BCUT2D eigenvalue weighted by Gasteiger charge is -2.14. The molecule has 6 heteroatoms. The fourth-order valence-corrected chi connectivity index (χ4v) is 2.70. The van der Waals surface area contributed by atoms with Crippen LogP contribution in [0.4, 0.5) is 0 Å². The average molecular weight is 293 g/mol. The molecule has 0 aliphatic rings. The second-order valence-electron chi connectivity index (χ2n) is 4.74. The van der Waals surface area contributed by atoms with E-state index >= 15 is 0 Å². The van der Waals surface area contributed by atoms with Crippen LogP contribution in [0.3, 0.4) is 0 Å². The number of fused-ring (bicyclic) bond motifs is 1. The van der Waals surface area contributed by atoms with Gasteiger partial charge in [0.1, 0.15) is 5.65 Å². The first kappa shape index (κ1) is 14.9. The fourth-order valence-electron chi connectivity index (χ4n) is 1.85. The summed E-state index contributed by atoms with van der Waals surface area (Å²) in [5.74, 6) is 1.15. The van der Waals surface area contributed by atoms with Crippen molar-refractivity contribution >= 4 is 23.3 Å². The minimum atomic E-state index is -0.00130. The van der Waals surface area contributed by atoms with Crippen LogP contribution in [-0.2, 0) is 10.5 Å². The van der Waals surface area contributed by atoms with Crippen LogP contribution in [0.1, 0.15) is 11.3 Å². The number of carbonyl (C=O) groups excluding carboxylic acids is 1. The summed E-state index contributed by atoms with van der Waals surface area (Å²) >= 11 is 1.54. The van der Waals surface area contributed by atoms with E-state index in [1.807, 2.05) is 35.9 Å². The van der Waals surface area contributed by atoms with Gasteiger partial charge in [-0.3, -0.25) is 4.79 Å². The van der Waals surface area contributed by atoms with E-state index in [4.69, 9.17) is 5.11 Å². The topological polar surface area (TPSA) is 57.8 Å². The minimum Gasteiger partial charge on any atom is -0.395 e. The van der Waals surface area contributed by atoms with Crippen LogP contribution in [0.5, 0.6) is 0 Å². The number of carbonyl (C=O) groups is 1. The highest BCUT2D eigenvalue weighted by Gasteiger charge is 2.09. The Hall–Kier alpha value is -1.53. The van der Waals surface area contributed by atoms with E-state index in [1.165, 1.54) is 17.3 Å². The molecule has 2 heterocycles. The molecule has 0 radical (unpaired) electrons. The number of amides is 1. The summed E-state index contributed by atoms with van der Waals surface area (Å²) in [6, 6.07) is 4.02. The molecule has 0 atom stereocenters. The number of likely N-dealkylation sites (N-methyl/N-ethyl adjacent to an activating group) is 1. The molecule has 0 saturated heterocycles. The van der Waals surface area contributed by atoms with Crippen LogP contribution in [0, 0.1) is 6.92 Å². The molecular formula is C14H19N3O2S. The highest BCUT2D eigenvalue weighted by atomic mass is 32.2. The summed E-state index contributed by atoms with van der Waals surface area (Å²) in [7, 11) is 1.70. The summed E-state index contributed by atoms with van der Waals surface area (Å²) < 4.78 is 2.00. The molecule has 0 saturated carbocycles. The van der Waals surface area contributed by atoms with Gasteiger partial charge >= 0.3 is 0 Å². The summed E-state index contributed by atoms with van der Waals surface area (Å²) in [5, 5.41) is 8.78. The maximum absolute atomic E-state index is 11.7. The Labute approximate surface area is 122 Å². The molecule has 0 unspecified atom stereocenters. The first-order chi connectivity index (χ1) is 9.60. The zero-order chi connectivity index (χ0) is 14.5. The third-order valence-corrected chi connectivity index (χ3v) is 3.94. The van der Waals surface area contributed by atoms with Gasteiger partial charge in [-0.2, -0.15) is 0 Å². The number of hydrogen-bond acceptors (Lipinski definition) is 4. The van der Waals surface area contributed by atoms with Crippen molar-refractivity contribution in [1.82, 2.24) is 14.3 Å². The van der Waals surface area contributed by atoms with Crippen LogP contribution in [-0.4, -0.2) is 51.3 Å². The van der Waals surface area contributed by atoms with Crippen LogP contribution in [0.25, 0.3) is 5.65 Å². The van der Waals surface area contributed by atoms with Crippen molar-refractivity contribution in [3.8, 4) is 0 Å². The number of thioether (sulfide) groups is 1. The number of aliphatic hydroxyl groups excluding tert-OH is 1. The number of nitrogens with zero attached hydrogens (tertiary/aromatic N) is 3. The van der Waals surface area contributed by atoms with Crippen LogP contribution < -0.4 is 0 Å². The summed E-state index contributed by atoms with van der Waals surface area (Å²) in [5.41, 5.74) is 3.09. The number of aryl methyl sites for hydroxylation is 1. The van der Waals surface area contributed by atoms with E-state index in [-0.39, 0.29) is 12.5 Å². The molecule has 2 aromatic heterocycles. The Morgan fingerprint density at radius 2 is 2.25 bits per heavy atom. The lowest BCUT2D eigenvalue weighted by Crippen LogP contribution is -2.30. The van der Waals surface area contributed by atoms with Gasteiger partial charge in [-0.05, 0) is 18.6 Å². The number of aliphatic hydroxyl groups is 1. The molecular weight excluding hydrogens is 274 g/mol. The van der Waals surface area contributed by atoms with Gasteiger partial charge in [-0.1, -0.05) is 6.07 Å². The predicted molar refractivity (Wildman–Crippen MR) is 80.8 cm³/mol. The largest absolute Gasteiger partial charge is 0.395 e. The normalized spacial score (nSPS) is 10.9. The standard InChI is InChI=1S/C14H19N3O2S/c1-11-3-4-13-15-12(8-17(13)7-11)9-20-10-14(19)16(2)5-6-18/h3-4,7-8,18H,5-6,9-10H2,1-2H3. The van der Waals surface area contributed by atoms with Crippen LogP contribution >= 0.6 is 11.8 Å². The Morgan fingerprint density at radius 1 is 1.45 bits per heavy atom. The van der Waals surface area contributed by atoms with E-state index < -0.39 is 0 Å². The van der Waals surface area contributed by atoms with E-state index in [0.29, 0.717) is 18.1 Å². The molecule has 108 valence electrons. The van der Waals surface area contributed by atoms with Crippen molar-refractivity contribution in [3.05, 3.63) is 35.8 Å². The molecule has 0 bridgehead atoms. The smallest absolute Gasteiger partial charge is 0.232 e. The first-order valence-electron chi connectivity index (χ1n) is 6.47. The second-order valence-corrected chi connectivity index (χ2v) is 5.72. The number of aromatic nitrogens is 2. The third kappa shape index (κ3) is 3.74. The molecule has 1 N–H and O–H groups in total. The molecule has 2 aromatic rings. The summed E-state index contributed by atoms with van der Waals surface area (Å²) in [4.78, 5) is 17.8. The molecule has 0 fully saturated rings. The molecule has 0 spiro atoms. The van der Waals surface area contributed by atoms with E-state index in [2.05, 4.69) is 4.98 Å². The predicted octanol–water partition coefficient (Wildman–Crippen LogP) is 1.33. The van der Waals surface area contributed by atoms with Crippen molar-refractivity contribution < 1.29 is 9.90 Å². The van der Waals surface area contributed by atoms with Crippen molar-refractivity contribution in [2.45, 2.75) is 12.7 Å². The SMILES string of the molecule is Cc1ccc2nc(CSCC(=O)N(C)CCO)cn2c1. The van der Waals surface area contributed by atoms with Crippen molar-refractivity contribution in [3.63, 3.8) is 0 Å². The lowest BCUT2D eigenvalue weighted by atomic mass is 10.3. The zero-order valence-corrected chi connectivity index (χ0v) is 12.6. The van der Waals surface area contributed by atoms with Gasteiger partial charge in [0, 0.05) is 31.7 Å². The second kappa shape index (κ2) is 6.76. The van der Waals surface area contributed by atoms with Gasteiger partial charge in [0.05, 0.1) is 18.1 Å². The van der Waals surface area contributed by atoms with E-state index in [1.54, 1.807) is 11.9 Å². The molecule has 0 aliphatic heterocycles. The monoisotopic (exact) mass is 293 g/mol. The Kier molecular flexibility index (Phi) is 5.03. The number of rotatable bonds is 6. The fraction of sp³-hybridized carbons (Fsp3) is 0.429. The number of hydrogen-bond donors (Lipinski definition) is 1. The van der Waals surface area contributed by atoms with Crippen LogP contribution in [0.15, 0.2) is 24.5 Å². The van der Waals surface area contributed by atoms with Gasteiger partial charge in [0.15, 0.2) is 0 Å². The Morgan fingerprint density at radius 3 is 3.00 bits per heavy atom. The molecule has 5 nitrogen and oxygen atoms in total. The Bertz CT molecular complexity index is 597. The van der Waals surface area contributed by atoms with Gasteiger partial charge in [0.2, 0.25) is 5.91 Å². The zero-order valence-electron chi connectivity index (χ0n) is 11.7. The minimum absolute atomic E-state index is 0.00130. The third-order valence-electron chi connectivity index (χ3n) is 2.99. The van der Waals surface area contributed by atoms with Crippen molar-refractivity contribution in [1.29, 1.82) is 0 Å². The molecule has 0 aromatic carbocycles. The highest BCUT2D eigenvalue weighted by molar-refractivity contribution is 7.99. The average Bonchev–Trinajstić information content (AvgIpc) is 2.80. The lowest BCUT2D eigenvalue weighted by molar-refractivity contribution is -0.127. The molecule has 2 rings (SSSR count). The van der Waals surface area contributed by atoms with Crippen molar-refractivity contribution in [2.24, 2.45) is 0 Å². The van der Waals surface area contributed by atoms with Gasteiger partial charge in [-0.15, -0.1) is 11.8 Å². The first-order valence-corrected chi connectivity index (χ1v) is 7.62. The Balaban J connectivity index is 1.88. The summed E-state index contributed by atoms with van der Waals surface area (Å²) in [6.45, 7) is 2.43. The van der Waals surface area contributed by atoms with Gasteiger partial charge < -0.3 is 14.4 Å². The van der Waals surface area contributed by atoms with Gasteiger partial charge in [0.25, 0.3) is 0 Å².